The molecule has 7 heteroatoms. The highest BCUT2D eigenvalue weighted by molar-refractivity contribution is 7.98. The molecule has 0 saturated heterocycles. The summed E-state index contributed by atoms with van der Waals surface area (Å²) in [6.07, 6.45) is 2.42. The van der Waals surface area contributed by atoms with E-state index in [-0.39, 0.29) is 5.91 Å². The van der Waals surface area contributed by atoms with Gasteiger partial charge >= 0.3 is 0 Å². The molecule has 1 aromatic heterocycles. The number of nitrogens with zero attached hydrogens (tertiary/aromatic N) is 2. The van der Waals surface area contributed by atoms with Gasteiger partial charge in [-0.2, -0.15) is 11.8 Å². The second kappa shape index (κ2) is 10.0. The number of carbonyl (C=O) groups excluding carboxylic acids is 1. The van der Waals surface area contributed by atoms with Crippen molar-refractivity contribution in [3.8, 4) is 0 Å². The number of amides is 1. The summed E-state index contributed by atoms with van der Waals surface area (Å²) in [5.74, 6) is 2.24. The minimum absolute atomic E-state index is 0.0693. The summed E-state index contributed by atoms with van der Waals surface area (Å²) >= 11 is 1.77. The molecule has 3 N–H and O–H groups in total. The van der Waals surface area contributed by atoms with Crippen LogP contribution in [0.2, 0.25) is 0 Å². The lowest BCUT2D eigenvalue weighted by Crippen LogP contribution is -2.39. The van der Waals surface area contributed by atoms with Gasteiger partial charge in [0.25, 0.3) is 0 Å². The van der Waals surface area contributed by atoms with Crippen molar-refractivity contribution >= 4 is 29.4 Å². The molecule has 0 aliphatic rings. The van der Waals surface area contributed by atoms with Crippen LogP contribution in [0, 0.1) is 6.92 Å². The van der Waals surface area contributed by atoms with E-state index in [1.54, 1.807) is 24.9 Å². The average Bonchev–Trinajstić information content (AvgIpc) is 2.45. The molecule has 1 rings (SSSR count). The molecule has 0 spiro atoms. The van der Waals surface area contributed by atoms with Crippen LogP contribution in [0.1, 0.15) is 12.1 Å². The number of rotatable bonds is 7. The summed E-state index contributed by atoms with van der Waals surface area (Å²) in [6, 6.07) is 5.54. The van der Waals surface area contributed by atoms with Crippen LogP contribution in [0.25, 0.3) is 0 Å². The molecule has 116 valence electrons. The molecule has 0 aliphatic carbocycles. The maximum atomic E-state index is 11.8. The normalized spacial score (nSPS) is 11.1. The number of aryl methyl sites for hydroxylation is 1. The van der Waals surface area contributed by atoms with Gasteiger partial charge < -0.3 is 16.0 Å². The second-order valence-electron chi connectivity index (χ2n) is 4.38. The van der Waals surface area contributed by atoms with Gasteiger partial charge in [-0.25, -0.2) is 4.98 Å². The molecule has 6 nitrogen and oxygen atoms in total. The van der Waals surface area contributed by atoms with Crippen LogP contribution in [0.3, 0.4) is 0 Å². The van der Waals surface area contributed by atoms with Gasteiger partial charge in [0.15, 0.2) is 5.96 Å². The largest absolute Gasteiger partial charge is 0.356 e. The Morgan fingerprint density at radius 2 is 2.10 bits per heavy atom. The number of nitrogens with one attached hydrogen (secondary N) is 3. The molecule has 0 aromatic carbocycles. The van der Waals surface area contributed by atoms with Crippen molar-refractivity contribution in [2.45, 2.75) is 13.3 Å². The Balaban J connectivity index is 2.26. The molecule has 1 aromatic rings. The summed E-state index contributed by atoms with van der Waals surface area (Å²) in [5.41, 5.74) is 0.879. The van der Waals surface area contributed by atoms with Crippen LogP contribution in [0.5, 0.6) is 0 Å². The molecule has 0 fully saturated rings. The van der Waals surface area contributed by atoms with Crippen LogP contribution in [-0.2, 0) is 4.79 Å². The standard InChI is InChI=1S/C14H23N5OS/c1-11-5-4-6-12(18-11)19-13(20)7-8-16-14(15-2)17-9-10-21-3/h4-6H,7-10H2,1-3H3,(H2,15,16,17)(H,18,19,20). The molecule has 1 amide bonds. The Morgan fingerprint density at radius 3 is 2.76 bits per heavy atom. The number of thioether (sulfide) groups is 1. The number of aromatic nitrogens is 1. The average molecular weight is 309 g/mol. The molecule has 0 unspecified atom stereocenters. The van der Waals surface area contributed by atoms with Gasteiger partial charge in [-0.15, -0.1) is 0 Å². The lowest BCUT2D eigenvalue weighted by molar-refractivity contribution is -0.116. The second-order valence-corrected chi connectivity index (χ2v) is 5.37. The van der Waals surface area contributed by atoms with Gasteiger partial charge in [0.1, 0.15) is 5.82 Å². The number of pyridine rings is 1. The molecule has 0 aliphatic heterocycles. The van der Waals surface area contributed by atoms with Gasteiger partial charge in [0.2, 0.25) is 5.91 Å². The highest BCUT2D eigenvalue weighted by Gasteiger charge is 2.04. The van der Waals surface area contributed by atoms with Crippen molar-refractivity contribution in [2.24, 2.45) is 4.99 Å². The Hall–Kier alpha value is -1.76. The maximum absolute atomic E-state index is 11.8. The van der Waals surface area contributed by atoms with E-state index in [1.807, 2.05) is 19.1 Å². The summed E-state index contributed by atoms with van der Waals surface area (Å²) in [7, 11) is 1.71. The van der Waals surface area contributed by atoms with Crippen LogP contribution in [0.4, 0.5) is 5.82 Å². The number of hydrogen-bond donors (Lipinski definition) is 3. The first-order chi connectivity index (χ1) is 10.2. The predicted octanol–water partition coefficient (Wildman–Crippen LogP) is 1.25. The quantitative estimate of drug-likeness (QED) is 0.401. The third-order valence-corrected chi connectivity index (χ3v) is 3.23. The summed E-state index contributed by atoms with van der Waals surface area (Å²) in [5, 5.41) is 9.05. The van der Waals surface area contributed by atoms with Gasteiger partial charge in [0, 0.05) is 38.0 Å². The minimum atomic E-state index is -0.0693. The first-order valence-corrected chi connectivity index (χ1v) is 8.22. The topological polar surface area (TPSA) is 78.4 Å². The van der Waals surface area contributed by atoms with E-state index >= 15 is 0 Å². The van der Waals surface area contributed by atoms with E-state index in [0.29, 0.717) is 24.7 Å². The van der Waals surface area contributed by atoms with E-state index in [0.717, 1.165) is 18.0 Å². The highest BCUT2D eigenvalue weighted by Crippen LogP contribution is 2.03. The van der Waals surface area contributed by atoms with Gasteiger partial charge in [-0.1, -0.05) is 6.07 Å². The maximum Gasteiger partial charge on any atom is 0.227 e. The molecule has 0 radical (unpaired) electrons. The predicted molar refractivity (Wildman–Crippen MR) is 90.0 cm³/mol. The molecule has 21 heavy (non-hydrogen) atoms. The number of hydrogen-bond acceptors (Lipinski definition) is 4. The van der Waals surface area contributed by atoms with E-state index in [9.17, 15) is 4.79 Å². The lowest BCUT2D eigenvalue weighted by atomic mass is 10.3. The summed E-state index contributed by atoms with van der Waals surface area (Å²) < 4.78 is 0. The van der Waals surface area contributed by atoms with Gasteiger partial charge in [-0.3, -0.25) is 9.79 Å². The zero-order valence-electron chi connectivity index (χ0n) is 12.8. The van der Waals surface area contributed by atoms with Crippen molar-refractivity contribution < 1.29 is 4.79 Å². The van der Waals surface area contributed by atoms with E-state index in [2.05, 4.69) is 32.2 Å². The Kier molecular flexibility index (Phi) is 8.27. The van der Waals surface area contributed by atoms with Crippen molar-refractivity contribution in [2.75, 3.05) is 37.5 Å². The van der Waals surface area contributed by atoms with Gasteiger partial charge in [-0.05, 0) is 25.3 Å². The minimum Gasteiger partial charge on any atom is -0.356 e. The number of anilines is 1. The number of guanidine groups is 1. The monoisotopic (exact) mass is 309 g/mol. The zero-order chi connectivity index (χ0) is 15.5. The fraction of sp³-hybridized carbons (Fsp3) is 0.500. The third kappa shape index (κ3) is 7.55. The van der Waals surface area contributed by atoms with Crippen molar-refractivity contribution in [1.82, 2.24) is 15.6 Å². The van der Waals surface area contributed by atoms with Gasteiger partial charge in [0.05, 0.1) is 0 Å². The third-order valence-electron chi connectivity index (χ3n) is 2.62. The first-order valence-electron chi connectivity index (χ1n) is 6.82. The van der Waals surface area contributed by atoms with E-state index < -0.39 is 0 Å². The van der Waals surface area contributed by atoms with E-state index in [4.69, 9.17) is 0 Å². The van der Waals surface area contributed by atoms with E-state index in [1.165, 1.54) is 0 Å². The summed E-state index contributed by atoms with van der Waals surface area (Å²) in [4.78, 5) is 20.1. The van der Waals surface area contributed by atoms with Crippen LogP contribution in [0.15, 0.2) is 23.2 Å². The smallest absolute Gasteiger partial charge is 0.227 e. The molecule has 0 saturated carbocycles. The zero-order valence-corrected chi connectivity index (χ0v) is 13.6. The Labute approximate surface area is 130 Å². The fourth-order valence-corrected chi connectivity index (χ4v) is 1.91. The number of carbonyl (C=O) groups is 1. The molecule has 1 heterocycles. The highest BCUT2D eigenvalue weighted by atomic mass is 32.2. The fourth-order valence-electron chi connectivity index (χ4n) is 1.60. The number of aliphatic imine (C=N–C) groups is 1. The Bertz CT molecular complexity index is 478. The van der Waals surface area contributed by atoms with Crippen molar-refractivity contribution in [3.63, 3.8) is 0 Å². The summed E-state index contributed by atoms with van der Waals surface area (Å²) in [6.45, 7) is 3.26. The first kappa shape index (κ1) is 17.3. The van der Waals surface area contributed by atoms with Crippen molar-refractivity contribution in [3.05, 3.63) is 23.9 Å². The molecule has 0 bridgehead atoms. The molecular weight excluding hydrogens is 286 g/mol. The van der Waals surface area contributed by atoms with Crippen LogP contribution >= 0.6 is 11.8 Å². The van der Waals surface area contributed by atoms with Crippen LogP contribution < -0.4 is 16.0 Å². The van der Waals surface area contributed by atoms with Crippen molar-refractivity contribution in [1.29, 1.82) is 0 Å². The Morgan fingerprint density at radius 1 is 1.33 bits per heavy atom. The lowest BCUT2D eigenvalue weighted by Gasteiger charge is -2.11. The molecular formula is C14H23N5OS. The molecule has 0 atom stereocenters. The SMILES string of the molecule is CN=C(NCCSC)NCCC(=O)Nc1cccc(C)n1. The van der Waals surface area contributed by atoms with Crippen LogP contribution in [-0.4, -0.2) is 49.0 Å².